The molecule has 0 amide bonds. The fourth-order valence-electron chi connectivity index (χ4n) is 6.22. The van der Waals surface area contributed by atoms with Crippen molar-refractivity contribution in [3.8, 4) is 0 Å². The molecule has 0 spiro atoms. The lowest BCUT2D eigenvalue weighted by atomic mass is 9.87. The summed E-state index contributed by atoms with van der Waals surface area (Å²) in [5.74, 6) is 0. The Hall–Kier alpha value is -1.81. The number of hydrogen-bond acceptors (Lipinski definition) is 2. The summed E-state index contributed by atoms with van der Waals surface area (Å²) in [6, 6.07) is 18.3. The number of aryl methyl sites for hydroxylation is 1. The van der Waals surface area contributed by atoms with Crippen LogP contribution < -0.4 is 0 Å². The van der Waals surface area contributed by atoms with Crippen molar-refractivity contribution in [1.29, 1.82) is 0 Å². The van der Waals surface area contributed by atoms with Crippen LogP contribution in [-0.4, -0.2) is 21.1 Å². The third kappa shape index (κ3) is 3.10. The Morgan fingerprint density at radius 2 is 1.77 bits per heavy atom. The number of halogens is 1. The predicted molar refractivity (Wildman–Crippen MR) is 124 cm³/mol. The van der Waals surface area contributed by atoms with E-state index in [1.54, 1.807) is 11.3 Å². The lowest BCUT2D eigenvalue weighted by molar-refractivity contribution is 0.0446. The quantitative estimate of drug-likeness (QED) is 0.584. The minimum absolute atomic E-state index is 0. The Morgan fingerprint density at radius 3 is 2.57 bits per heavy atom. The normalized spacial score (nSPS) is 22.6. The zero-order chi connectivity index (χ0) is 19.4. The highest BCUT2D eigenvalue weighted by atomic mass is 35.5. The van der Waals surface area contributed by atoms with Crippen molar-refractivity contribution in [3.63, 3.8) is 0 Å². The van der Waals surface area contributed by atoms with Crippen molar-refractivity contribution in [2.24, 2.45) is 0 Å². The van der Waals surface area contributed by atoms with Crippen LogP contribution in [0.2, 0.25) is 0 Å². The van der Waals surface area contributed by atoms with Gasteiger partial charge in [0.15, 0.2) is 0 Å². The average Bonchev–Trinajstić information content (AvgIpc) is 3.34. The van der Waals surface area contributed by atoms with E-state index in [0.29, 0.717) is 6.04 Å². The molecular formula is C26H31ClN2O. The van der Waals surface area contributed by atoms with Gasteiger partial charge < -0.3 is 9.67 Å². The van der Waals surface area contributed by atoms with E-state index < -0.39 is 5.60 Å². The van der Waals surface area contributed by atoms with Crippen LogP contribution in [-0.2, 0) is 25.1 Å². The van der Waals surface area contributed by atoms with Gasteiger partial charge in [-0.05, 0) is 60.9 Å². The summed E-state index contributed by atoms with van der Waals surface area (Å²) in [7, 11) is 0. The molecule has 4 heteroatoms. The van der Waals surface area contributed by atoms with E-state index >= 15 is 0 Å². The van der Waals surface area contributed by atoms with Crippen LogP contribution in [0.3, 0.4) is 0 Å². The summed E-state index contributed by atoms with van der Waals surface area (Å²) in [5, 5.41) is 12.6. The second kappa shape index (κ2) is 7.71. The van der Waals surface area contributed by atoms with E-state index in [1.807, 2.05) is 0 Å². The van der Waals surface area contributed by atoms with Crippen molar-refractivity contribution >= 4 is 23.3 Å². The number of nitrogens with zero attached hydrogens (tertiary/aromatic N) is 2. The molecule has 0 radical (unpaired) electrons. The van der Waals surface area contributed by atoms with E-state index in [4.69, 9.17) is 0 Å². The highest BCUT2D eigenvalue weighted by molar-refractivity contribution is 5.87. The summed E-state index contributed by atoms with van der Waals surface area (Å²) in [4.78, 5) is 2.69. The smallest absolute Gasteiger partial charge is 0.0896 e. The maximum Gasteiger partial charge on any atom is 0.0896 e. The number of rotatable bonds is 3. The first-order valence-corrected chi connectivity index (χ1v) is 11.4. The van der Waals surface area contributed by atoms with Gasteiger partial charge in [0.25, 0.3) is 0 Å². The van der Waals surface area contributed by atoms with Crippen LogP contribution in [0.4, 0.5) is 0 Å². The molecule has 0 bridgehead atoms. The summed E-state index contributed by atoms with van der Waals surface area (Å²) >= 11 is 0. The maximum absolute atomic E-state index is 11.1. The van der Waals surface area contributed by atoms with Crippen LogP contribution in [0.15, 0.2) is 48.5 Å². The molecule has 1 aliphatic heterocycles. The molecule has 1 aromatic heterocycles. The second-order valence-corrected chi connectivity index (χ2v) is 9.35. The summed E-state index contributed by atoms with van der Waals surface area (Å²) < 4.78 is 2.60. The number of fused-ring (bicyclic) bond motifs is 3. The van der Waals surface area contributed by atoms with Crippen molar-refractivity contribution < 1.29 is 5.11 Å². The first kappa shape index (κ1) is 20.1. The zero-order valence-corrected chi connectivity index (χ0v) is 18.3. The molecule has 3 aliphatic rings. The lowest BCUT2D eigenvalue weighted by Gasteiger charge is -2.40. The van der Waals surface area contributed by atoms with Gasteiger partial charge in [-0.25, -0.2) is 0 Å². The fourth-order valence-corrected chi connectivity index (χ4v) is 6.22. The first-order valence-electron chi connectivity index (χ1n) is 11.4. The lowest BCUT2D eigenvalue weighted by Crippen LogP contribution is -2.39. The maximum atomic E-state index is 11.1. The van der Waals surface area contributed by atoms with Gasteiger partial charge >= 0.3 is 0 Å². The Kier molecular flexibility index (Phi) is 5.17. The van der Waals surface area contributed by atoms with E-state index in [9.17, 15) is 5.11 Å². The van der Waals surface area contributed by atoms with E-state index in [1.165, 1.54) is 35.7 Å². The SMILES string of the molecule is Cl.OC1(c2ccc3c(c2)c2c4n3CCN(Cc3ccccc3)C4CCC2)CCCC1. The molecule has 2 heterocycles. The second-order valence-electron chi connectivity index (χ2n) is 9.35. The van der Waals surface area contributed by atoms with Crippen LogP contribution >= 0.6 is 12.4 Å². The van der Waals surface area contributed by atoms with Gasteiger partial charge in [-0.3, -0.25) is 4.90 Å². The van der Waals surface area contributed by atoms with Gasteiger partial charge in [-0.15, -0.1) is 12.4 Å². The Morgan fingerprint density at radius 1 is 0.967 bits per heavy atom. The van der Waals surface area contributed by atoms with Crippen molar-refractivity contribution in [2.75, 3.05) is 6.54 Å². The molecule has 1 saturated carbocycles. The molecule has 1 N–H and O–H groups in total. The molecule has 2 aromatic carbocycles. The molecule has 0 saturated heterocycles. The molecular weight excluding hydrogens is 392 g/mol. The van der Waals surface area contributed by atoms with Gasteiger partial charge in [0.1, 0.15) is 0 Å². The minimum Gasteiger partial charge on any atom is -0.385 e. The molecule has 30 heavy (non-hydrogen) atoms. The highest BCUT2D eigenvalue weighted by Gasteiger charge is 2.37. The van der Waals surface area contributed by atoms with Crippen LogP contribution in [0.25, 0.3) is 10.9 Å². The van der Waals surface area contributed by atoms with Gasteiger partial charge in [0.05, 0.1) is 11.6 Å². The van der Waals surface area contributed by atoms with E-state index in [2.05, 4.69) is 58.0 Å². The highest BCUT2D eigenvalue weighted by Crippen LogP contribution is 2.45. The summed E-state index contributed by atoms with van der Waals surface area (Å²) in [6.07, 6.45) is 7.80. The summed E-state index contributed by atoms with van der Waals surface area (Å²) in [5.41, 5.74) is 6.45. The van der Waals surface area contributed by atoms with Crippen LogP contribution in [0.5, 0.6) is 0 Å². The van der Waals surface area contributed by atoms with Crippen molar-refractivity contribution in [3.05, 3.63) is 70.9 Å². The molecule has 1 fully saturated rings. The largest absolute Gasteiger partial charge is 0.385 e. The number of aliphatic hydroxyl groups is 1. The standard InChI is InChI=1S/C26H30N2O.ClH/c29-26(13-4-5-14-26)20-11-12-23-22(17-20)21-9-6-10-24-25(21)28(23)16-15-27(24)18-19-7-2-1-3-8-19;/h1-3,7-8,11-12,17,24,29H,4-6,9-10,13-16,18H2;1H. The van der Waals surface area contributed by atoms with Gasteiger partial charge in [0.2, 0.25) is 0 Å². The predicted octanol–water partition coefficient (Wildman–Crippen LogP) is 5.72. The Balaban J connectivity index is 0.00000193. The zero-order valence-electron chi connectivity index (χ0n) is 17.5. The van der Waals surface area contributed by atoms with Crippen LogP contribution in [0.1, 0.15) is 67.0 Å². The Bertz CT molecular complexity index is 1050. The minimum atomic E-state index is -0.600. The van der Waals surface area contributed by atoms with Gasteiger partial charge in [-0.2, -0.15) is 0 Å². The molecule has 2 aliphatic carbocycles. The van der Waals surface area contributed by atoms with Crippen molar-refractivity contribution in [2.45, 2.75) is 69.7 Å². The average molecular weight is 423 g/mol. The molecule has 1 unspecified atom stereocenters. The molecule has 1 atom stereocenters. The molecule has 6 rings (SSSR count). The molecule has 3 nitrogen and oxygen atoms in total. The molecule has 3 aromatic rings. The Labute approximate surface area is 185 Å². The summed E-state index contributed by atoms with van der Waals surface area (Å²) in [6.45, 7) is 3.22. The van der Waals surface area contributed by atoms with Crippen LogP contribution in [0, 0.1) is 0 Å². The van der Waals surface area contributed by atoms with Crippen molar-refractivity contribution in [1.82, 2.24) is 9.47 Å². The topological polar surface area (TPSA) is 28.4 Å². The number of aromatic nitrogens is 1. The third-order valence-electron chi connectivity index (χ3n) is 7.68. The number of benzene rings is 2. The van der Waals surface area contributed by atoms with Gasteiger partial charge in [0, 0.05) is 36.2 Å². The van der Waals surface area contributed by atoms with E-state index in [0.717, 1.165) is 50.9 Å². The van der Waals surface area contributed by atoms with Gasteiger partial charge in [-0.1, -0.05) is 49.2 Å². The van der Waals surface area contributed by atoms with E-state index in [-0.39, 0.29) is 12.4 Å². The fraction of sp³-hybridized carbons (Fsp3) is 0.462. The third-order valence-corrected chi connectivity index (χ3v) is 7.68. The number of hydrogen-bond donors (Lipinski definition) is 1. The first-order chi connectivity index (χ1) is 14.2. The molecule has 158 valence electrons. The monoisotopic (exact) mass is 422 g/mol.